The Morgan fingerprint density at radius 3 is 2.81 bits per heavy atom. The smallest absolute Gasteiger partial charge is 0.326 e. The van der Waals surface area contributed by atoms with Crippen molar-refractivity contribution in [2.75, 3.05) is 13.1 Å². The quantitative estimate of drug-likeness (QED) is 0.392. The molecule has 6 nitrogen and oxygen atoms in total. The summed E-state index contributed by atoms with van der Waals surface area (Å²) < 4.78 is 15.4. The highest BCUT2D eigenvalue weighted by Gasteiger charge is 2.26. The van der Waals surface area contributed by atoms with E-state index in [0.29, 0.717) is 31.6 Å². The molecule has 1 aliphatic heterocycles. The number of halogens is 2. The van der Waals surface area contributed by atoms with Crippen LogP contribution in [-0.4, -0.2) is 33.6 Å². The van der Waals surface area contributed by atoms with Crippen molar-refractivity contribution in [1.82, 2.24) is 19.8 Å². The van der Waals surface area contributed by atoms with Gasteiger partial charge in [-0.05, 0) is 53.1 Å². The minimum absolute atomic E-state index is 0.108. The van der Waals surface area contributed by atoms with Gasteiger partial charge in [0.05, 0.1) is 22.2 Å². The Hall–Kier alpha value is -3.99. The molecule has 0 saturated heterocycles. The van der Waals surface area contributed by atoms with Gasteiger partial charge in [-0.3, -0.25) is 14.5 Å². The van der Waals surface area contributed by atoms with E-state index < -0.39 is 5.82 Å². The van der Waals surface area contributed by atoms with Crippen LogP contribution in [0.2, 0.25) is 5.02 Å². The van der Waals surface area contributed by atoms with Crippen LogP contribution in [0.1, 0.15) is 27.9 Å². The second-order valence-corrected chi connectivity index (χ2v) is 9.09. The molecule has 3 heterocycles. The van der Waals surface area contributed by atoms with Gasteiger partial charge in [-0.2, -0.15) is 5.26 Å². The van der Waals surface area contributed by atoms with E-state index in [2.05, 4.69) is 21.3 Å². The first-order valence-corrected chi connectivity index (χ1v) is 12.0. The number of nitrogens with zero attached hydrogens (tertiary/aromatic N) is 4. The zero-order valence-corrected chi connectivity index (χ0v) is 20.2. The molecule has 0 fully saturated rings. The van der Waals surface area contributed by atoms with E-state index in [9.17, 15) is 14.4 Å². The second kappa shape index (κ2) is 10.3. The minimum atomic E-state index is -0.437. The van der Waals surface area contributed by atoms with Crippen molar-refractivity contribution in [1.29, 1.82) is 5.26 Å². The summed E-state index contributed by atoms with van der Waals surface area (Å²) in [5.41, 5.74) is 5.01. The number of nitrogens with one attached hydrogen (secondary N) is 1. The number of aromatic nitrogens is 2. The number of hydrogen-bond acceptors (Lipinski definition) is 4. The van der Waals surface area contributed by atoms with E-state index in [1.165, 1.54) is 6.07 Å². The molecule has 0 radical (unpaired) electrons. The first kappa shape index (κ1) is 23.7. The Bertz CT molecular complexity index is 1510. The fraction of sp³-hybridized carbons (Fsp3) is 0.179. The van der Waals surface area contributed by atoms with Crippen LogP contribution >= 0.6 is 11.6 Å². The zero-order valence-electron chi connectivity index (χ0n) is 19.4. The third-order valence-electron chi connectivity index (χ3n) is 6.37. The van der Waals surface area contributed by atoms with Crippen molar-refractivity contribution >= 4 is 34.6 Å². The van der Waals surface area contributed by atoms with Crippen LogP contribution in [0.5, 0.6) is 0 Å². The predicted molar refractivity (Wildman–Crippen MR) is 138 cm³/mol. The van der Waals surface area contributed by atoms with E-state index in [1.54, 1.807) is 41.2 Å². The van der Waals surface area contributed by atoms with Gasteiger partial charge in [0.1, 0.15) is 5.82 Å². The highest BCUT2D eigenvalue weighted by molar-refractivity contribution is 6.30. The van der Waals surface area contributed by atoms with Crippen LogP contribution in [-0.2, 0) is 19.5 Å². The van der Waals surface area contributed by atoms with Gasteiger partial charge in [0.15, 0.2) is 0 Å². The molecule has 2 aromatic carbocycles. The summed E-state index contributed by atoms with van der Waals surface area (Å²) in [5, 5.41) is 13.5. The molecular weight excluding hydrogens is 477 g/mol. The van der Waals surface area contributed by atoms with Crippen molar-refractivity contribution in [3.63, 3.8) is 0 Å². The number of pyridine rings is 1. The van der Waals surface area contributed by atoms with Gasteiger partial charge in [0.25, 0.3) is 0 Å². The summed E-state index contributed by atoms with van der Waals surface area (Å²) >= 11 is 5.77. The molecule has 8 heteroatoms. The van der Waals surface area contributed by atoms with Crippen LogP contribution in [0.3, 0.4) is 0 Å². The highest BCUT2D eigenvalue weighted by Crippen LogP contribution is 2.31. The molecule has 0 bridgehead atoms. The van der Waals surface area contributed by atoms with Crippen molar-refractivity contribution in [2.45, 2.75) is 19.5 Å². The highest BCUT2D eigenvalue weighted by atomic mass is 35.5. The lowest BCUT2D eigenvalue weighted by Gasteiger charge is -2.27. The molecule has 0 saturated carbocycles. The number of amides is 1. The van der Waals surface area contributed by atoms with E-state index in [0.717, 1.165) is 39.8 Å². The number of rotatable bonds is 5. The van der Waals surface area contributed by atoms with Gasteiger partial charge >= 0.3 is 6.03 Å². The summed E-state index contributed by atoms with van der Waals surface area (Å²) in [5.74, 6) is -0.437. The molecule has 5 rings (SSSR count). The lowest BCUT2D eigenvalue weighted by atomic mass is 10.0. The second-order valence-electron chi connectivity index (χ2n) is 8.68. The van der Waals surface area contributed by atoms with E-state index >= 15 is 0 Å². The molecule has 2 aromatic heterocycles. The fourth-order valence-electron chi connectivity index (χ4n) is 4.58. The number of fused-ring (bicyclic) bond motifs is 3. The van der Waals surface area contributed by atoms with E-state index in [1.807, 2.05) is 30.4 Å². The molecular formula is C28H23ClFN5O. The third-order valence-corrected chi connectivity index (χ3v) is 6.68. The van der Waals surface area contributed by atoms with Crippen LogP contribution in [0.4, 0.5) is 9.18 Å². The summed E-state index contributed by atoms with van der Waals surface area (Å²) in [6, 6.07) is 15.9. The summed E-state index contributed by atoms with van der Waals surface area (Å²) in [7, 11) is 0. The normalized spacial score (nSPS) is 13.6. The average Bonchev–Trinajstić information content (AvgIpc) is 3.23. The monoisotopic (exact) mass is 499 g/mol. The summed E-state index contributed by atoms with van der Waals surface area (Å²) in [4.78, 5) is 19.6. The Kier molecular flexibility index (Phi) is 6.81. The van der Waals surface area contributed by atoms with Gasteiger partial charge < -0.3 is 5.32 Å². The topological polar surface area (TPSA) is 74.0 Å². The number of hydrogen-bond donors (Lipinski definition) is 1. The largest absolute Gasteiger partial charge is 0.333 e. The first-order chi connectivity index (χ1) is 17.5. The maximum absolute atomic E-state index is 13.7. The fourth-order valence-corrected chi connectivity index (χ4v) is 4.70. The van der Waals surface area contributed by atoms with Crippen LogP contribution in [0.15, 0.2) is 67.0 Å². The van der Waals surface area contributed by atoms with Gasteiger partial charge in [0.2, 0.25) is 0 Å². The zero-order chi connectivity index (χ0) is 25.1. The van der Waals surface area contributed by atoms with Crippen LogP contribution < -0.4 is 5.32 Å². The summed E-state index contributed by atoms with van der Waals surface area (Å²) in [6.45, 7) is 2.50. The average molecular weight is 500 g/mol. The van der Waals surface area contributed by atoms with Gasteiger partial charge in [0, 0.05) is 56.1 Å². The number of nitriles is 1. The molecule has 0 unspecified atom stereocenters. The standard InChI is InChI=1S/C28H23ClFN5O/c29-24-6-4-19(14-25(24)30)2-1-12-34-13-9-26-23(18-34)22-5-3-21(16-31)15-27(22)35(26)28(36)33-17-20-7-10-32-11-8-20/h1-8,10-11,14-15H,9,12-13,17-18H2,(H,33,36)/b2-1+. The molecule has 0 atom stereocenters. The first-order valence-electron chi connectivity index (χ1n) is 11.6. The lowest BCUT2D eigenvalue weighted by Crippen LogP contribution is -2.34. The van der Waals surface area contributed by atoms with E-state index in [-0.39, 0.29) is 11.1 Å². The molecule has 4 aromatic rings. The molecule has 0 spiro atoms. The maximum atomic E-state index is 13.7. The molecule has 180 valence electrons. The van der Waals surface area contributed by atoms with Gasteiger partial charge in [-0.25, -0.2) is 9.18 Å². The van der Waals surface area contributed by atoms with Crippen molar-refractivity contribution in [2.24, 2.45) is 0 Å². The van der Waals surface area contributed by atoms with Gasteiger partial charge in [-0.15, -0.1) is 0 Å². The van der Waals surface area contributed by atoms with Gasteiger partial charge in [-0.1, -0.05) is 35.9 Å². The van der Waals surface area contributed by atoms with Crippen LogP contribution in [0, 0.1) is 17.1 Å². The maximum Gasteiger partial charge on any atom is 0.326 e. The Morgan fingerprint density at radius 2 is 2.03 bits per heavy atom. The Labute approximate surface area is 213 Å². The van der Waals surface area contributed by atoms with Crippen LogP contribution in [0.25, 0.3) is 17.0 Å². The van der Waals surface area contributed by atoms with Crippen molar-refractivity contribution < 1.29 is 9.18 Å². The van der Waals surface area contributed by atoms with E-state index in [4.69, 9.17) is 11.6 Å². The Balaban J connectivity index is 1.39. The minimum Gasteiger partial charge on any atom is -0.333 e. The number of carbonyl (C=O) groups excluding carboxylic acids is 1. The Morgan fingerprint density at radius 1 is 1.19 bits per heavy atom. The molecule has 1 aliphatic rings. The summed E-state index contributed by atoms with van der Waals surface area (Å²) in [6.07, 6.45) is 7.96. The number of benzene rings is 2. The molecule has 1 N–H and O–H groups in total. The molecule has 36 heavy (non-hydrogen) atoms. The predicted octanol–water partition coefficient (Wildman–Crippen LogP) is 5.53. The molecule has 0 aliphatic carbocycles. The third kappa shape index (κ3) is 4.87. The van der Waals surface area contributed by atoms with Crippen molar-refractivity contribution in [3.8, 4) is 6.07 Å². The van der Waals surface area contributed by atoms with Crippen molar-refractivity contribution in [3.05, 3.63) is 106 Å². The number of carbonyl (C=O) groups is 1. The lowest BCUT2D eigenvalue weighted by molar-refractivity contribution is 0.240. The molecule has 1 amide bonds. The SMILES string of the molecule is N#Cc1ccc2c3c(n(C(=O)NCc4ccncc4)c2c1)CCN(C/C=C/c1ccc(Cl)c(F)c1)C3.